The van der Waals surface area contributed by atoms with Crippen molar-refractivity contribution in [2.24, 2.45) is 0 Å². The Hall–Kier alpha value is -1.30. The molecule has 0 aliphatic carbocycles. The number of ether oxygens (including phenoxy) is 1. The van der Waals surface area contributed by atoms with Gasteiger partial charge in [0.25, 0.3) is 0 Å². The van der Waals surface area contributed by atoms with Crippen molar-refractivity contribution < 1.29 is 19.4 Å². The van der Waals surface area contributed by atoms with E-state index >= 15 is 0 Å². The molecule has 0 fully saturated rings. The molecule has 0 rings (SSSR count). The van der Waals surface area contributed by atoms with E-state index in [9.17, 15) is 9.59 Å². The molecule has 0 aromatic heterocycles. The highest BCUT2D eigenvalue weighted by molar-refractivity contribution is 5.77. The lowest BCUT2D eigenvalue weighted by atomic mass is 10.3. The molecule has 0 bridgehead atoms. The Labute approximate surface area is 82.6 Å². The molecule has 6 nitrogen and oxygen atoms in total. The number of carbonyl (C=O) groups is 2. The van der Waals surface area contributed by atoms with Gasteiger partial charge in [-0.25, -0.2) is 9.59 Å². The second-order valence-electron chi connectivity index (χ2n) is 2.68. The van der Waals surface area contributed by atoms with Crippen LogP contribution in [-0.2, 0) is 9.53 Å². The first-order valence-electron chi connectivity index (χ1n) is 4.39. The second kappa shape index (κ2) is 7.14. The van der Waals surface area contributed by atoms with Crippen molar-refractivity contribution in [3.63, 3.8) is 0 Å². The molecule has 0 saturated heterocycles. The third-order valence-electron chi connectivity index (χ3n) is 1.46. The maximum atomic E-state index is 10.9. The molecule has 3 N–H and O–H groups in total. The number of urea groups is 1. The zero-order chi connectivity index (χ0) is 11.0. The monoisotopic (exact) mass is 204 g/mol. The summed E-state index contributed by atoms with van der Waals surface area (Å²) >= 11 is 0. The largest absolute Gasteiger partial charge is 0.467 e. The van der Waals surface area contributed by atoms with E-state index in [0.717, 1.165) is 6.42 Å². The number of aliphatic hydroxyl groups is 1. The van der Waals surface area contributed by atoms with Crippen LogP contribution in [0.2, 0.25) is 0 Å². The predicted molar refractivity (Wildman–Crippen MR) is 49.7 cm³/mol. The van der Waals surface area contributed by atoms with Gasteiger partial charge in [0.15, 0.2) is 6.10 Å². The topological polar surface area (TPSA) is 87.7 Å². The van der Waals surface area contributed by atoms with Gasteiger partial charge in [0.05, 0.1) is 13.7 Å². The van der Waals surface area contributed by atoms with E-state index in [1.807, 2.05) is 6.92 Å². The SMILES string of the molecule is CCCNC(=O)NCC(O)C(=O)OC. The van der Waals surface area contributed by atoms with Gasteiger partial charge in [-0.05, 0) is 6.42 Å². The first-order chi connectivity index (χ1) is 6.61. The molecular weight excluding hydrogens is 188 g/mol. The van der Waals surface area contributed by atoms with E-state index < -0.39 is 18.1 Å². The number of nitrogens with one attached hydrogen (secondary N) is 2. The highest BCUT2D eigenvalue weighted by Crippen LogP contribution is 1.84. The van der Waals surface area contributed by atoms with Crippen LogP contribution in [-0.4, -0.2) is 43.4 Å². The Balaban J connectivity index is 3.60. The van der Waals surface area contributed by atoms with Crippen LogP contribution in [0.1, 0.15) is 13.3 Å². The van der Waals surface area contributed by atoms with Gasteiger partial charge in [-0.2, -0.15) is 0 Å². The van der Waals surface area contributed by atoms with Gasteiger partial charge in [-0.1, -0.05) is 6.92 Å². The van der Waals surface area contributed by atoms with Gasteiger partial charge in [0, 0.05) is 6.54 Å². The van der Waals surface area contributed by atoms with E-state index in [4.69, 9.17) is 5.11 Å². The molecule has 0 aromatic carbocycles. The summed E-state index contributed by atoms with van der Waals surface area (Å²) in [5.41, 5.74) is 0. The lowest BCUT2D eigenvalue weighted by Gasteiger charge is -2.10. The Morgan fingerprint density at radius 3 is 2.57 bits per heavy atom. The Kier molecular flexibility index (Phi) is 6.47. The van der Waals surface area contributed by atoms with Crippen LogP contribution in [0.3, 0.4) is 0 Å². The Morgan fingerprint density at radius 1 is 1.43 bits per heavy atom. The van der Waals surface area contributed by atoms with Crippen molar-refractivity contribution in [1.29, 1.82) is 0 Å². The zero-order valence-electron chi connectivity index (χ0n) is 8.37. The third kappa shape index (κ3) is 5.36. The van der Waals surface area contributed by atoms with Crippen molar-refractivity contribution in [3.05, 3.63) is 0 Å². The van der Waals surface area contributed by atoms with Crippen molar-refractivity contribution >= 4 is 12.0 Å². The van der Waals surface area contributed by atoms with Gasteiger partial charge < -0.3 is 20.5 Å². The number of carbonyl (C=O) groups excluding carboxylic acids is 2. The maximum absolute atomic E-state index is 10.9. The number of amides is 2. The van der Waals surface area contributed by atoms with Crippen molar-refractivity contribution in [2.45, 2.75) is 19.4 Å². The van der Waals surface area contributed by atoms with E-state index in [-0.39, 0.29) is 6.54 Å². The zero-order valence-corrected chi connectivity index (χ0v) is 8.37. The lowest BCUT2D eigenvalue weighted by Crippen LogP contribution is -2.42. The van der Waals surface area contributed by atoms with E-state index in [1.54, 1.807) is 0 Å². The first-order valence-corrected chi connectivity index (χ1v) is 4.39. The molecule has 1 atom stereocenters. The molecule has 0 heterocycles. The van der Waals surface area contributed by atoms with Crippen LogP contribution in [0.25, 0.3) is 0 Å². The Morgan fingerprint density at radius 2 is 2.07 bits per heavy atom. The average Bonchev–Trinajstić information content (AvgIpc) is 2.21. The van der Waals surface area contributed by atoms with Crippen LogP contribution >= 0.6 is 0 Å². The highest BCUT2D eigenvalue weighted by Gasteiger charge is 2.15. The van der Waals surface area contributed by atoms with Crippen LogP contribution in [0, 0.1) is 0 Å². The molecule has 14 heavy (non-hydrogen) atoms. The molecule has 82 valence electrons. The fourth-order valence-electron chi connectivity index (χ4n) is 0.710. The number of methoxy groups -OCH3 is 1. The van der Waals surface area contributed by atoms with Gasteiger partial charge >= 0.3 is 12.0 Å². The lowest BCUT2D eigenvalue weighted by molar-refractivity contribution is -0.149. The molecule has 6 heteroatoms. The summed E-state index contributed by atoms with van der Waals surface area (Å²) in [6, 6.07) is -0.408. The molecule has 0 aromatic rings. The quantitative estimate of drug-likeness (QED) is 0.513. The smallest absolute Gasteiger partial charge is 0.336 e. The molecule has 2 amide bonds. The minimum Gasteiger partial charge on any atom is -0.467 e. The van der Waals surface area contributed by atoms with E-state index in [0.29, 0.717) is 6.54 Å². The molecule has 0 spiro atoms. The van der Waals surface area contributed by atoms with Gasteiger partial charge in [0.2, 0.25) is 0 Å². The van der Waals surface area contributed by atoms with Crippen LogP contribution < -0.4 is 10.6 Å². The molecule has 0 saturated carbocycles. The van der Waals surface area contributed by atoms with Gasteiger partial charge in [-0.15, -0.1) is 0 Å². The van der Waals surface area contributed by atoms with Gasteiger partial charge in [0.1, 0.15) is 0 Å². The standard InChI is InChI=1S/C8H16N2O4/c1-3-4-9-8(13)10-5-6(11)7(12)14-2/h6,11H,3-5H2,1-2H3,(H2,9,10,13). The van der Waals surface area contributed by atoms with Gasteiger partial charge in [-0.3, -0.25) is 0 Å². The highest BCUT2D eigenvalue weighted by atomic mass is 16.5. The van der Waals surface area contributed by atoms with Crippen molar-refractivity contribution in [3.8, 4) is 0 Å². The summed E-state index contributed by atoms with van der Waals surface area (Å²) < 4.78 is 4.26. The summed E-state index contributed by atoms with van der Waals surface area (Å²) in [5.74, 6) is -0.763. The van der Waals surface area contributed by atoms with Crippen molar-refractivity contribution in [1.82, 2.24) is 10.6 Å². The summed E-state index contributed by atoms with van der Waals surface area (Å²) in [7, 11) is 1.17. The number of aliphatic hydroxyl groups excluding tert-OH is 1. The third-order valence-corrected chi connectivity index (χ3v) is 1.46. The summed E-state index contributed by atoms with van der Waals surface area (Å²) in [4.78, 5) is 21.6. The van der Waals surface area contributed by atoms with E-state index in [2.05, 4.69) is 15.4 Å². The van der Waals surface area contributed by atoms with E-state index in [1.165, 1.54) is 7.11 Å². The average molecular weight is 204 g/mol. The van der Waals surface area contributed by atoms with Crippen LogP contribution in [0.4, 0.5) is 4.79 Å². The summed E-state index contributed by atoms with van der Waals surface area (Å²) in [6.07, 6.45) is -0.486. The minimum atomic E-state index is -1.31. The second-order valence-corrected chi connectivity index (χ2v) is 2.68. The minimum absolute atomic E-state index is 0.151. The van der Waals surface area contributed by atoms with Crippen LogP contribution in [0.15, 0.2) is 0 Å². The molecular formula is C8H16N2O4. The van der Waals surface area contributed by atoms with Crippen LogP contribution in [0.5, 0.6) is 0 Å². The first kappa shape index (κ1) is 12.7. The molecule has 0 aliphatic rings. The molecule has 0 radical (unpaired) electrons. The summed E-state index contributed by atoms with van der Waals surface area (Å²) in [6.45, 7) is 2.33. The Bertz CT molecular complexity index is 196. The summed E-state index contributed by atoms with van der Waals surface area (Å²) in [5, 5.41) is 13.9. The number of hydrogen-bond donors (Lipinski definition) is 3. The fraction of sp³-hybridized carbons (Fsp3) is 0.750. The molecule has 1 unspecified atom stereocenters. The number of hydrogen-bond acceptors (Lipinski definition) is 4. The number of rotatable bonds is 5. The fourth-order valence-corrected chi connectivity index (χ4v) is 0.710. The maximum Gasteiger partial charge on any atom is 0.336 e. The normalized spacial score (nSPS) is 11.6. The molecule has 0 aliphatic heterocycles. The van der Waals surface area contributed by atoms with Crippen molar-refractivity contribution in [2.75, 3.05) is 20.2 Å². The number of esters is 1. The predicted octanol–water partition coefficient (Wildman–Crippen LogP) is -0.770.